The van der Waals surface area contributed by atoms with Gasteiger partial charge in [0.15, 0.2) is 0 Å². The predicted octanol–water partition coefficient (Wildman–Crippen LogP) is 3.51. The van der Waals surface area contributed by atoms with Crippen LogP contribution in [0.5, 0.6) is 0 Å². The third-order valence-electron chi connectivity index (χ3n) is 2.71. The molecular formula is C13H18N2OS. The number of furan rings is 1. The summed E-state index contributed by atoms with van der Waals surface area (Å²) in [5, 5.41) is 4.58. The summed E-state index contributed by atoms with van der Waals surface area (Å²) in [6, 6.07) is 4.32. The monoisotopic (exact) mass is 250 g/mol. The van der Waals surface area contributed by atoms with Crippen LogP contribution in [0.4, 0.5) is 0 Å². The van der Waals surface area contributed by atoms with Gasteiger partial charge in [-0.25, -0.2) is 4.98 Å². The Hall–Kier alpha value is -1.13. The highest BCUT2D eigenvalue weighted by Gasteiger charge is 2.12. The number of aromatic nitrogens is 1. The Morgan fingerprint density at radius 3 is 2.65 bits per heavy atom. The van der Waals surface area contributed by atoms with Crippen LogP contribution in [-0.4, -0.2) is 4.98 Å². The van der Waals surface area contributed by atoms with Gasteiger partial charge in [-0.05, 0) is 39.8 Å². The van der Waals surface area contributed by atoms with Gasteiger partial charge in [0.2, 0.25) is 0 Å². The molecule has 0 aliphatic heterocycles. The number of nitrogens with zero attached hydrogens (tertiary/aromatic N) is 1. The van der Waals surface area contributed by atoms with E-state index in [1.54, 1.807) is 11.3 Å². The largest absolute Gasteiger partial charge is 0.465 e. The first kappa shape index (κ1) is 12.3. The summed E-state index contributed by atoms with van der Waals surface area (Å²) in [4.78, 5) is 5.76. The molecule has 0 saturated heterocycles. The molecule has 0 fully saturated rings. The maximum absolute atomic E-state index is 5.53. The third kappa shape index (κ3) is 2.96. The third-order valence-corrected chi connectivity index (χ3v) is 3.97. The molecule has 2 rings (SSSR count). The minimum absolute atomic E-state index is 0.312. The molecule has 0 bridgehead atoms. The normalized spacial score (nSPS) is 12.9. The van der Waals surface area contributed by atoms with E-state index in [4.69, 9.17) is 4.42 Å². The average Bonchev–Trinajstić information content (AvgIpc) is 2.81. The van der Waals surface area contributed by atoms with Crippen molar-refractivity contribution in [3.05, 3.63) is 39.2 Å². The fraction of sp³-hybridized carbons (Fsp3) is 0.462. The predicted molar refractivity (Wildman–Crippen MR) is 70.3 cm³/mol. The lowest BCUT2D eigenvalue weighted by atomic mass is 10.2. The van der Waals surface area contributed by atoms with Crippen LogP contribution in [-0.2, 0) is 6.54 Å². The summed E-state index contributed by atoms with van der Waals surface area (Å²) in [5.41, 5.74) is 1.13. The van der Waals surface area contributed by atoms with Crippen molar-refractivity contribution in [2.45, 2.75) is 40.3 Å². The zero-order valence-electron chi connectivity index (χ0n) is 10.7. The summed E-state index contributed by atoms with van der Waals surface area (Å²) in [6.07, 6.45) is 0. The van der Waals surface area contributed by atoms with E-state index in [1.165, 1.54) is 4.88 Å². The topological polar surface area (TPSA) is 38.1 Å². The van der Waals surface area contributed by atoms with Crippen molar-refractivity contribution in [3.8, 4) is 0 Å². The zero-order chi connectivity index (χ0) is 12.4. The lowest BCUT2D eigenvalue weighted by Gasteiger charge is -2.11. The highest BCUT2D eigenvalue weighted by molar-refractivity contribution is 7.11. The van der Waals surface area contributed by atoms with Gasteiger partial charge in [0.05, 0.1) is 17.2 Å². The molecule has 2 heterocycles. The van der Waals surface area contributed by atoms with E-state index >= 15 is 0 Å². The van der Waals surface area contributed by atoms with Gasteiger partial charge in [-0.2, -0.15) is 0 Å². The molecule has 3 nitrogen and oxygen atoms in total. The smallest absolute Gasteiger partial charge is 0.117 e. The molecule has 0 aliphatic rings. The Kier molecular flexibility index (Phi) is 3.64. The van der Waals surface area contributed by atoms with E-state index in [0.717, 1.165) is 28.8 Å². The second-order valence-electron chi connectivity index (χ2n) is 4.30. The van der Waals surface area contributed by atoms with E-state index in [9.17, 15) is 0 Å². The molecular weight excluding hydrogens is 232 g/mol. The van der Waals surface area contributed by atoms with Gasteiger partial charge in [-0.1, -0.05) is 0 Å². The molecule has 92 valence electrons. The highest BCUT2D eigenvalue weighted by atomic mass is 32.1. The Balaban J connectivity index is 1.97. The van der Waals surface area contributed by atoms with Gasteiger partial charge in [0.25, 0.3) is 0 Å². The van der Waals surface area contributed by atoms with E-state index in [-0.39, 0.29) is 0 Å². The quantitative estimate of drug-likeness (QED) is 0.902. The summed E-state index contributed by atoms with van der Waals surface area (Å²) in [7, 11) is 0. The Morgan fingerprint density at radius 2 is 2.12 bits per heavy atom. The first-order chi connectivity index (χ1) is 8.06. The van der Waals surface area contributed by atoms with Crippen LogP contribution in [0.1, 0.15) is 40.1 Å². The molecule has 2 aromatic rings. The van der Waals surface area contributed by atoms with Crippen LogP contribution >= 0.6 is 11.3 Å². The molecule has 0 aliphatic carbocycles. The molecule has 1 N–H and O–H groups in total. The van der Waals surface area contributed by atoms with Gasteiger partial charge in [-0.3, -0.25) is 0 Å². The van der Waals surface area contributed by atoms with Crippen LogP contribution in [0, 0.1) is 20.8 Å². The summed E-state index contributed by atoms with van der Waals surface area (Å²) >= 11 is 1.76. The molecule has 1 unspecified atom stereocenters. The fourth-order valence-corrected chi connectivity index (χ4v) is 2.83. The van der Waals surface area contributed by atoms with Crippen molar-refractivity contribution in [2.75, 3.05) is 0 Å². The second-order valence-corrected chi connectivity index (χ2v) is 5.53. The molecule has 0 saturated carbocycles. The Bertz CT molecular complexity index is 501. The molecule has 0 aromatic carbocycles. The van der Waals surface area contributed by atoms with Crippen LogP contribution in [0.3, 0.4) is 0 Å². The van der Waals surface area contributed by atoms with Gasteiger partial charge in [0.1, 0.15) is 11.5 Å². The van der Waals surface area contributed by atoms with Crippen molar-refractivity contribution in [3.63, 3.8) is 0 Å². The van der Waals surface area contributed by atoms with Crippen molar-refractivity contribution in [1.82, 2.24) is 10.3 Å². The van der Waals surface area contributed by atoms with E-state index in [2.05, 4.69) is 24.1 Å². The number of rotatable bonds is 4. The van der Waals surface area contributed by atoms with Gasteiger partial charge in [0, 0.05) is 10.9 Å². The fourth-order valence-electron chi connectivity index (χ4n) is 1.88. The molecule has 0 spiro atoms. The molecule has 17 heavy (non-hydrogen) atoms. The van der Waals surface area contributed by atoms with Gasteiger partial charge < -0.3 is 9.73 Å². The standard InChI is InChI=1S/C13H18N2OS/c1-8-5-6-12(16-8)7-14-9(2)13-10(3)15-11(4)17-13/h5-6,9,14H,7H2,1-4H3. The van der Waals surface area contributed by atoms with E-state index in [0.29, 0.717) is 6.04 Å². The van der Waals surface area contributed by atoms with Crippen molar-refractivity contribution < 1.29 is 4.42 Å². The Morgan fingerprint density at radius 1 is 1.35 bits per heavy atom. The van der Waals surface area contributed by atoms with Crippen LogP contribution in [0.25, 0.3) is 0 Å². The van der Waals surface area contributed by atoms with Crippen LogP contribution in [0.2, 0.25) is 0 Å². The molecule has 4 heteroatoms. The summed E-state index contributed by atoms with van der Waals surface area (Å²) < 4.78 is 5.53. The maximum Gasteiger partial charge on any atom is 0.117 e. The van der Waals surface area contributed by atoms with Crippen molar-refractivity contribution in [2.24, 2.45) is 0 Å². The molecule has 1 atom stereocenters. The van der Waals surface area contributed by atoms with Gasteiger partial charge >= 0.3 is 0 Å². The van der Waals surface area contributed by atoms with E-state index in [1.807, 2.05) is 26.0 Å². The minimum Gasteiger partial charge on any atom is -0.465 e. The van der Waals surface area contributed by atoms with Crippen molar-refractivity contribution >= 4 is 11.3 Å². The Labute approximate surface area is 106 Å². The molecule has 0 radical (unpaired) electrons. The number of hydrogen-bond acceptors (Lipinski definition) is 4. The number of hydrogen-bond donors (Lipinski definition) is 1. The number of nitrogens with one attached hydrogen (secondary N) is 1. The summed E-state index contributed by atoms with van der Waals surface area (Å²) in [5.74, 6) is 1.94. The number of aryl methyl sites for hydroxylation is 3. The zero-order valence-corrected chi connectivity index (χ0v) is 11.5. The molecule has 0 amide bonds. The lowest BCUT2D eigenvalue weighted by molar-refractivity contribution is 0.445. The van der Waals surface area contributed by atoms with Crippen molar-refractivity contribution in [1.29, 1.82) is 0 Å². The van der Waals surface area contributed by atoms with Gasteiger partial charge in [-0.15, -0.1) is 11.3 Å². The minimum atomic E-state index is 0.312. The van der Waals surface area contributed by atoms with E-state index < -0.39 is 0 Å². The maximum atomic E-state index is 5.53. The molecule has 2 aromatic heterocycles. The highest BCUT2D eigenvalue weighted by Crippen LogP contribution is 2.24. The summed E-state index contributed by atoms with van der Waals surface area (Å²) in [6.45, 7) is 8.99. The number of thiazole rings is 1. The first-order valence-corrected chi connectivity index (χ1v) is 6.60. The van der Waals surface area contributed by atoms with Crippen LogP contribution < -0.4 is 5.32 Å². The SMILES string of the molecule is Cc1ccc(CNC(C)c2sc(C)nc2C)o1. The average molecular weight is 250 g/mol. The van der Waals surface area contributed by atoms with Crippen LogP contribution in [0.15, 0.2) is 16.5 Å². The lowest BCUT2D eigenvalue weighted by Crippen LogP contribution is -2.17. The second kappa shape index (κ2) is 5.02. The first-order valence-electron chi connectivity index (χ1n) is 5.79.